The number of hydrogen-bond acceptors (Lipinski definition) is 3. The molecule has 3 rings (SSSR count). The lowest BCUT2D eigenvalue weighted by atomic mass is 9.96. The van der Waals surface area contributed by atoms with E-state index in [1.54, 1.807) is 7.11 Å². The average Bonchev–Trinajstić information content (AvgIpc) is 3.38. The number of methoxy groups -OCH3 is 1. The van der Waals surface area contributed by atoms with Gasteiger partial charge in [-0.3, -0.25) is 11.3 Å². The number of hydrazine groups is 1. The number of rotatable bonds is 6. The largest absolute Gasteiger partial charge is 0.379 e. The lowest BCUT2D eigenvalue weighted by molar-refractivity contribution is 0.0507. The minimum Gasteiger partial charge on any atom is -0.379 e. The predicted molar refractivity (Wildman–Crippen MR) is 85.5 cm³/mol. The number of hydrogen-bond donors (Lipinski definition) is 2. The molecule has 0 spiro atoms. The van der Waals surface area contributed by atoms with Crippen LogP contribution < -0.4 is 11.3 Å². The molecule has 0 bridgehead atoms. The summed E-state index contributed by atoms with van der Waals surface area (Å²) in [6.07, 6.45) is 2.62. The van der Waals surface area contributed by atoms with Crippen molar-refractivity contribution in [1.29, 1.82) is 0 Å². The van der Waals surface area contributed by atoms with E-state index >= 15 is 0 Å². The molecule has 0 amide bonds. The van der Waals surface area contributed by atoms with Crippen molar-refractivity contribution in [2.75, 3.05) is 7.11 Å². The van der Waals surface area contributed by atoms with Crippen LogP contribution in [0.1, 0.15) is 24.4 Å². The highest BCUT2D eigenvalue weighted by molar-refractivity contribution is 5.63. The maximum absolute atomic E-state index is 5.77. The molecular weight excluding hydrogens is 260 g/mol. The fraction of sp³-hybridized carbons (Fsp3) is 0.333. The minimum atomic E-state index is 0.0484. The first-order chi connectivity index (χ1) is 10.3. The Labute approximate surface area is 126 Å². The third kappa shape index (κ3) is 3.16. The lowest BCUT2D eigenvalue weighted by Crippen LogP contribution is -2.38. The molecule has 2 aromatic rings. The summed E-state index contributed by atoms with van der Waals surface area (Å²) < 4.78 is 5.65. The van der Waals surface area contributed by atoms with Gasteiger partial charge in [-0.1, -0.05) is 54.6 Å². The second-order valence-corrected chi connectivity index (χ2v) is 5.67. The lowest BCUT2D eigenvalue weighted by Gasteiger charge is -2.26. The van der Waals surface area contributed by atoms with Gasteiger partial charge in [0.2, 0.25) is 0 Å². The highest BCUT2D eigenvalue weighted by Gasteiger charge is 2.37. The summed E-state index contributed by atoms with van der Waals surface area (Å²) in [5.41, 5.74) is 6.55. The molecule has 2 aromatic carbocycles. The quantitative estimate of drug-likeness (QED) is 0.631. The second kappa shape index (κ2) is 6.39. The second-order valence-electron chi connectivity index (χ2n) is 5.67. The molecule has 0 aromatic heterocycles. The highest BCUT2D eigenvalue weighted by atomic mass is 16.5. The summed E-state index contributed by atoms with van der Waals surface area (Å²) in [6.45, 7) is 0. The number of benzene rings is 2. The van der Waals surface area contributed by atoms with E-state index in [2.05, 4.69) is 54.0 Å². The van der Waals surface area contributed by atoms with Gasteiger partial charge in [0.25, 0.3) is 0 Å². The molecule has 3 nitrogen and oxygen atoms in total. The Balaban J connectivity index is 1.82. The summed E-state index contributed by atoms with van der Waals surface area (Å²) in [5.74, 6) is 6.40. The third-order valence-corrected chi connectivity index (χ3v) is 4.24. The van der Waals surface area contributed by atoms with Crippen LogP contribution in [0.25, 0.3) is 11.1 Å². The van der Waals surface area contributed by atoms with Crippen molar-refractivity contribution in [2.45, 2.75) is 25.0 Å². The van der Waals surface area contributed by atoms with Crippen LogP contribution in [0, 0.1) is 5.92 Å². The van der Waals surface area contributed by atoms with E-state index in [0.717, 1.165) is 0 Å². The standard InChI is InChI=1S/C18H22N2O/c1-21-18(16-11-12-16)17(20-19)15-9-7-14(8-10-15)13-5-3-2-4-6-13/h2-10,16-18,20H,11-12,19H2,1H3. The normalized spacial score (nSPS) is 17.4. The van der Waals surface area contributed by atoms with Crippen molar-refractivity contribution in [3.05, 3.63) is 60.2 Å². The molecule has 3 heteroatoms. The molecule has 0 saturated heterocycles. The molecule has 1 fully saturated rings. The Morgan fingerprint density at radius 1 is 1.00 bits per heavy atom. The van der Waals surface area contributed by atoms with Crippen LogP contribution in [0.15, 0.2) is 54.6 Å². The predicted octanol–water partition coefficient (Wildman–Crippen LogP) is 3.28. The zero-order chi connectivity index (χ0) is 14.7. The molecule has 21 heavy (non-hydrogen) atoms. The Bertz CT molecular complexity index is 564. The molecule has 1 aliphatic rings. The van der Waals surface area contributed by atoms with Crippen LogP contribution in [-0.2, 0) is 4.74 Å². The van der Waals surface area contributed by atoms with Gasteiger partial charge in [-0.25, -0.2) is 0 Å². The van der Waals surface area contributed by atoms with Crippen molar-refractivity contribution in [2.24, 2.45) is 11.8 Å². The first-order valence-electron chi connectivity index (χ1n) is 7.48. The van der Waals surface area contributed by atoms with Gasteiger partial charge in [0.15, 0.2) is 0 Å². The molecule has 110 valence electrons. The van der Waals surface area contributed by atoms with E-state index in [-0.39, 0.29) is 12.1 Å². The maximum Gasteiger partial charge on any atom is 0.0806 e. The highest BCUT2D eigenvalue weighted by Crippen LogP contribution is 2.39. The van der Waals surface area contributed by atoms with E-state index in [1.165, 1.54) is 29.5 Å². The summed E-state index contributed by atoms with van der Waals surface area (Å²) in [6, 6.07) is 19.0. The van der Waals surface area contributed by atoms with Crippen molar-refractivity contribution >= 4 is 0 Å². The van der Waals surface area contributed by atoms with E-state index in [1.807, 2.05) is 6.07 Å². The van der Waals surface area contributed by atoms with Crippen molar-refractivity contribution in [3.8, 4) is 11.1 Å². The molecule has 3 N–H and O–H groups in total. The topological polar surface area (TPSA) is 47.3 Å². The zero-order valence-electron chi connectivity index (χ0n) is 12.3. The summed E-state index contributed by atoms with van der Waals surface area (Å²) >= 11 is 0. The van der Waals surface area contributed by atoms with E-state index in [0.29, 0.717) is 5.92 Å². The van der Waals surface area contributed by atoms with Crippen molar-refractivity contribution in [3.63, 3.8) is 0 Å². The monoisotopic (exact) mass is 282 g/mol. The van der Waals surface area contributed by atoms with Crippen molar-refractivity contribution in [1.82, 2.24) is 5.43 Å². The smallest absolute Gasteiger partial charge is 0.0806 e. The van der Waals surface area contributed by atoms with E-state index < -0.39 is 0 Å². The minimum absolute atomic E-state index is 0.0484. The van der Waals surface area contributed by atoms with E-state index in [9.17, 15) is 0 Å². The SMILES string of the molecule is COC(C1CC1)C(NN)c1ccc(-c2ccccc2)cc1. The van der Waals surface area contributed by atoms with Crippen LogP contribution in [-0.4, -0.2) is 13.2 Å². The molecule has 1 aliphatic carbocycles. The third-order valence-electron chi connectivity index (χ3n) is 4.24. The summed E-state index contributed by atoms with van der Waals surface area (Å²) in [7, 11) is 1.77. The van der Waals surface area contributed by atoms with Gasteiger partial charge in [-0.2, -0.15) is 0 Å². The van der Waals surface area contributed by atoms with Gasteiger partial charge in [0, 0.05) is 7.11 Å². The Kier molecular flexibility index (Phi) is 4.34. The first-order valence-corrected chi connectivity index (χ1v) is 7.48. The fourth-order valence-electron chi connectivity index (χ4n) is 2.92. The van der Waals surface area contributed by atoms with Gasteiger partial charge < -0.3 is 4.74 Å². The molecule has 0 aliphatic heterocycles. The molecule has 0 heterocycles. The van der Waals surface area contributed by atoms with Crippen LogP contribution in [0.3, 0.4) is 0 Å². The van der Waals surface area contributed by atoms with Crippen LogP contribution >= 0.6 is 0 Å². The van der Waals surface area contributed by atoms with Crippen LogP contribution in [0.4, 0.5) is 0 Å². The van der Waals surface area contributed by atoms with Crippen LogP contribution in [0.2, 0.25) is 0 Å². The van der Waals surface area contributed by atoms with Gasteiger partial charge >= 0.3 is 0 Å². The van der Waals surface area contributed by atoms with Gasteiger partial charge in [0.1, 0.15) is 0 Å². The molecule has 0 radical (unpaired) electrons. The maximum atomic E-state index is 5.77. The number of nitrogens with two attached hydrogens (primary N) is 1. The Morgan fingerprint density at radius 2 is 1.62 bits per heavy atom. The van der Waals surface area contributed by atoms with E-state index in [4.69, 9.17) is 10.6 Å². The molecular formula is C18H22N2O. The zero-order valence-corrected chi connectivity index (χ0v) is 12.3. The van der Waals surface area contributed by atoms with Gasteiger partial charge in [-0.15, -0.1) is 0 Å². The Morgan fingerprint density at radius 3 is 2.14 bits per heavy atom. The number of nitrogens with one attached hydrogen (secondary N) is 1. The molecule has 2 unspecified atom stereocenters. The number of ether oxygens (including phenoxy) is 1. The molecule has 2 atom stereocenters. The Hall–Kier alpha value is -1.68. The van der Waals surface area contributed by atoms with Gasteiger partial charge in [0.05, 0.1) is 12.1 Å². The first kappa shape index (κ1) is 14.3. The summed E-state index contributed by atoms with van der Waals surface area (Å²) in [4.78, 5) is 0. The van der Waals surface area contributed by atoms with Gasteiger partial charge in [-0.05, 0) is 35.4 Å². The average molecular weight is 282 g/mol. The summed E-state index contributed by atoms with van der Waals surface area (Å²) in [5, 5.41) is 0. The molecule has 1 saturated carbocycles. The fourth-order valence-corrected chi connectivity index (χ4v) is 2.92. The van der Waals surface area contributed by atoms with Crippen molar-refractivity contribution < 1.29 is 4.74 Å². The van der Waals surface area contributed by atoms with Crippen LogP contribution in [0.5, 0.6) is 0 Å².